The van der Waals surface area contributed by atoms with Crippen molar-refractivity contribution in [3.63, 3.8) is 0 Å². The van der Waals surface area contributed by atoms with Gasteiger partial charge in [0.2, 0.25) is 10.0 Å². The smallest absolute Gasteiger partial charge is 0.254 e. The van der Waals surface area contributed by atoms with Gasteiger partial charge in [0, 0.05) is 51.1 Å². The molecule has 1 aliphatic heterocycles. The van der Waals surface area contributed by atoms with E-state index in [-0.39, 0.29) is 29.5 Å². The molecule has 1 saturated heterocycles. The second-order valence-electron chi connectivity index (χ2n) is 6.37. The highest BCUT2D eigenvalue weighted by atomic mass is 32.2. The number of amides is 1. The van der Waals surface area contributed by atoms with Crippen molar-refractivity contribution in [2.24, 2.45) is 7.05 Å². The summed E-state index contributed by atoms with van der Waals surface area (Å²) in [5.41, 5.74) is 1.06. The Morgan fingerprint density at radius 2 is 1.62 bits per heavy atom. The maximum absolute atomic E-state index is 12.7. The van der Waals surface area contributed by atoms with E-state index >= 15 is 0 Å². The maximum Gasteiger partial charge on any atom is 0.254 e. The van der Waals surface area contributed by atoms with Gasteiger partial charge < -0.3 is 9.47 Å². The van der Waals surface area contributed by atoms with Crippen LogP contribution in [0, 0.1) is 6.92 Å². The van der Waals surface area contributed by atoms with Crippen LogP contribution in [-0.2, 0) is 17.1 Å². The Morgan fingerprint density at radius 3 is 2.19 bits per heavy atom. The van der Waals surface area contributed by atoms with Crippen LogP contribution in [0.25, 0.3) is 0 Å². The van der Waals surface area contributed by atoms with E-state index in [1.807, 2.05) is 6.92 Å². The molecule has 3 rings (SSSR count). The van der Waals surface area contributed by atoms with Gasteiger partial charge in [-0.05, 0) is 25.1 Å². The van der Waals surface area contributed by atoms with Crippen molar-refractivity contribution in [1.82, 2.24) is 13.8 Å². The molecular weight excluding hydrogens is 354 g/mol. The number of rotatable bonds is 3. The number of carbonyl (C=O) groups is 1. The third kappa shape index (κ3) is 3.56. The number of hydrogen-bond acceptors (Lipinski definition) is 4. The number of aromatic nitrogens is 1. The number of pyridine rings is 1. The molecule has 0 unspecified atom stereocenters. The van der Waals surface area contributed by atoms with E-state index in [4.69, 9.17) is 0 Å². The Hall–Kier alpha value is -2.45. The molecule has 0 N–H and O–H groups in total. The highest BCUT2D eigenvalue weighted by Gasteiger charge is 2.30. The summed E-state index contributed by atoms with van der Waals surface area (Å²) >= 11 is 0. The summed E-state index contributed by atoms with van der Waals surface area (Å²) < 4.78 is 28.2. The molecule has 7 nitrogen and oxygen atoms in total. The van der Waals surface area contributed by atoms with Gasteiger partial charge in [-0.2, -0.15) is 4.31 Å². The first-order valence-electron chi connectivity index (χ1n) is 8.32. The highest BCUT2D eigenvalue weighted by Crippen LogP contribution is 2.18. The zero-order valence-electron chi connectivity index (χ0n) is 14.8. The van der Waals surface area contributed by atoms with Gasteiger partial charge in [-0.1, -0.05) is 17.7 Å². The van der Waals surface area contributed by atoms with Gasteiger partial charge in [-0.3, -0.25) is 9.59 Å². The largest absolute Gasteiger partial charge is 0.336 e. The maximum atomic E-state index is 12.7. The van der Waals surface area contributed by atoms with Crippen molar-refractivity contribution in [3.8, 4) is 0 Å². The average molecular weight is 375 g/mol. The van der Waals surface area contributed by atoms with Crippen molar-refractivity contribution in [1.29, 1.82) is 0 Å². The molecule has 1 aromatic heterocycles. The molecule has 0 atom stereocenters. The van der Waals surface area contributed by atoms with E-state index in [9.17, 15) is 18.0 Å². The lowest BCUT2D eigenvalue weighted by Crippen LogP contribution is -2.50. The van der Waals surface area contributed by atoms with E-state index in [0.29, 0.717) is 18.7 Å². The predicted molar refractivity (Wildman–Crippen MR) is 97.5 cm³/mol. The van der Waals surface area contributed by atoms with Gasteiger partial charge in [0.15, 0.2) is 0 Å². The first kappa shape index (κ1) is 18.3. The van der Waals surface area contributed by atoms with Gasteiger partial charge in [-0.25, -0.2) is 8.42 Å². The van der Waals surface area contributed by atoms with Gasteiger partial charge in [0.1, 0.15) is 0 Å². The van der Waals surface area contributed by atoms with Crippen LogP contribution in [0.3, 0.4) is 0 Å². The predicted octanol–water partition coefficient (Wildman–Crippen LogP) is 0.840. The number of nitrogens with zero attached hydrogens (tertiary/aromatic N) is 3. The van der Waals surface area contributed by atoms with E-state index in [1.54, 1.807) is 48.5 Å². The van der Waals surface area contributed by atoms with Crippen molar-refractivity contribution in [3.05, 3.63) is 64.1 Å². The highest BCUT2D eigenvalue weighted by molar-refractivity contribution is 7.89. The SMILES string of the molecule is Cc1ccc(S(=O)(=O)N2CCN(C(=O)c3ccn(C)c(=O)c3)CC2)cc1. The number of carbonyl (C=O) groups excluding carboxylic acids is 1. The molecule has 1 aromatic carbocycles. The lowest BCUT2D eigenvalue weighted by Gasteiger charge is -2.34. The van der Waals surface area contributed by atoms with E-state index in [2.05, 4.69) is 0 Å². The molecule has 138 valence electrons. The summed E-state index contributed by atoms with van der Waals surface area (Å²) in [5, 5.41) is 0. The van der Waals surface area contributed by atoms with E-state index in [0.717, 1.165) is 5.56 Å². The summed E-state index contributed by atoms with van der Waals surface area (Å²) in [4.78, 5) is 26.1. The van der Waals surface area contributed by atoms with E-state index in [1.165, 1.54) is 14.9 Å². The fourth-order valence-electron chi connectivity index (χ4n) is 2.85. The third-order valence-electron chi connectivity index (χ3n) is 4.54. The van der Waals surface area contributed by atoms with Crippen molar-refractivity contribution in [2.45, 2.75) is 11.8 Å². The van der Waals surface area contributed by atoms with Crippen molar-refractivity contribution in [2.75, 3.05) is 26.2 Å². The molecule has 0 bridgehead atoms. The average Bonchev–Trinajstić information content (AvgIpc) is 2.64. The molecule has 26 heavy (non-hydrogen) atoms. The minimum absolute atomic E-state index is 0.229. The monoisotopic (exact) mass is 375 g/mol. The number of benzene rings is 1. The molecule has 2 aromatic rings. The van der Waals surface area contributed by atoms with Crippen LogP contribution in [0.2, 0.25) is 0 Å². The minimum atomic E-state index is -3.56. The number of hydrogen-bond donors (Lipinski definition) is 0. The van der Waals surface area contributed by atoms with Gasteiger partial charge >= 0.3 is 0 Å². The zero-order valence-corrected chi connectivity index (χ0v) is 15.6. The van der Waals surface area contributed by atoms with Gasteiger partial charge in [-0.15, -0.1) is 0 Å². The molecule has 0 aliphatic carbocycles. The molecule has 0 saturated carbocycles. The van der Waals surface area contributed by atoms with Gasteiger partial charge in [0.25, 0.3) is 11.5 Å². The Morgan fingerprint density at radius 1 is 1.00 bits per heavy atom. The summed E-state index contributed by atoms with van der Waals surface area (Å²) in [6, 6.07) is 9.63. The summed E-state index contributed by atoms with van der Waals surface area (Å²) in [7, 11) is -1.95. The quantitative estimate of drug-likeness (QED) is 0.796. The second-order valence-corrected chi connectivity index (χ2v) is 8.31. The summed E-state index contributed by atoms with van der Waals surface area (Å²) in [6.07, 6.45) is 1.55. The molecule has 2 heterocycles. The lowest BCUT2D eigenvalue weighted by molar-refractivity contribution is 0.0697. The zero-order chi connectivity index (χ0) is 18.9. The van der Waals surface area contributed by atoms with Crippen LogP contribution < -0.4 is 5.56 Å². The van der Waals surface area contributed by atoms with Crippen LogP contribution >= 0.6 is 0 Å². The van der Waals surface area contributed by atoms with Crippen LogP contribution in [0.4, 0.5) is 0 Å². The molecule has 0 radical (unpaired) electrons. The Labute approximate surface area is 152 Å². The summed E-state index contributed by atoms with van der Waals surface area (Å²) in [5.74, 6) is -0.255. The van der Waals surface area contributed by atoms with Gasteiger partial charge in [0.05, 0.1) is 4.90 Å². The van der Waals surface area contributed by atoms with Crippen LogP contribution in [0.15, 0.2) is 52.3 Å². The normalized spacial score (nSPS) is 15.8. The Kier molecular flexibility index (Phi) is 4.97. The van der Waals surface area contributed by atoms with Crippen molar-refractivity contribution < 1.29 is 13.2 Å². The number of sulfonamides is 1. The molecule has 1 aliphatic rings. The fourth-order valence-corrected chi connectivity index (χ4v) is 4.28. The van der Waals surface area contributed by atoms with Crippen LogP contribution in [-0.4, -0.2) is 54.3 Å². The first-order valence-corrected chi connectivity index (χ1v) is 9.76. The minimum Gasteiger partial charge on any atom is -0.336 e. The first-order chi connectivity index (χ1) is 12.3. The Balaban J connectivity index is 1.70. The molecule has 1 amide bonds. The lowest BCUT2D eigenvalue weighted by atomic mass is 10.2. The molecule has 8 heteroatoms. The van der Waals surface area contributed by atoms with Crippen LogP contribution in [0.1, 0.15) is 15.9 Å². The van der Waals surface area contributed by atoms with Crippen LogP contribution in [0.5, 0.6) is 0 Å². The summed E-state index contributed by atoms with van der Waals surface area (Å²) in [6.45, 7) is 2.94. The number of aryl methyl sites for hydroxylation is 2. The third-order valence-corrected chi connectivity index (χ3v) is 6.45. The molecular formula is C18H21N3O4S. The Bertz CT molecular complexity index is 972. The number of piperazine rings is 1. The second kappa shape index (κ2) is 7.05. The molecule has 0 spiro atoms. The molecule has 1 fully saturated rings. The standard InChI is InChI=1S/C18H21N3O4S/c1-14-3-5-16(6-4-14)26(24,25)21-11-9-20(10-12-21)18(23)15-7-8-19(2)17(22)13-15/h3-8,13H,9-12H2,1-2H3. The fraction of sp³-hybridized carbons (Fsp3) is 0.333. The van der Waals surface area contributed by atoms with Crippen molar-refractivity contribution >= 4 is 15.9 Å². The van der Waals surface area contributed by atoms with E-state index < -0.39 is 10.0 Å². The topological polar surface area (TPSA) is 79.7 Å².